The maximum Gasteiger partial charge on any atom is 0.411 e. The molecule has 0 fully saturated rings. The van der Waals surface area contributed by atoms with Crippen LogP contribution < -0.4 is 5.32 Å². The minimum absolute atomic E-state index is 0.111. The zero-order valence-electron chi connectivity index (χ0n) is 6.73. The van der Waals surface area contributed by atoms with Gasteiger partial charge in [-0.1, -0.05) is 0 Å². The van der Waals surface area contributed by atoms with Crippen molar-refractivity contribution in [1.29, 1.82) is 0 Å². The highest BCUT2D eigenvalue weighted by Crippen LogP contribution is 2.31. The van der Waals surface area contributed by atoms with E-state index in [9.17, 15) is 13.6 Å². The van der Waals surface area contributed by atoms with E-state index in [2.05, 4.69) is 26.0 Å². The van der Waals surface area contributed by atoms with E-state index < -0.39 is 17.7 Å². The van der Waals surface area contributed by atoms with E-state index in [0.29, 0.717) is 0 Å². The first-order valence-corrected chi connectivity index (χ1v) is 4.49. The fourth-order valence-electron chi connectivity index (χ4n) is 1.17. The van der Waals surface area contributed by atoms with Gasteiger partial charge in [0.15, 0.2) is 0 Å². The molecule has 1 amide bonds. The molecule has 1 aromatic rings. The molecular weight excluding hydrogens is 260 g/mol. The first-order chi connectivity index (χ1) is 6.59. The molecule has 0 aliphatic carbocycles. The number of rotatable bonds is 0. The Labute approximate surface area is 86.2 Å². The monoisotopic (exact) mass is 263 g/mol. The number of hydrogen-bond acceptors (Lipinski definition) is 2. The minimum Gasteiger partial charge on any atom is -0.444 e. The van der Waals surface area contributed by atoms with Crippen molar-refractivity contribution < 1.29 is 18.3 Å². The van der Waals surface area contributed by atoms with E-state index >= 15 is 0 Å². The Morgan fingerprint density at radius 1 is 1.50 bits per heavy atom. The number of anilines is 1. The van der Waals surface area contributed by atoms with Gasteiger partial charge in [0.2, 0.25) is 0 Å². The van der Waals surface area contributed by atoms with Crippen LogP contribution in [0.15, 0.2) is 10.5 Å². The standard InChI is InChI=1S/C8H4BrF2NO2/c9-6-4(10)1-5-3(7(6)11)2-14-8(13)12-5/h1H,2H2,(H,12,13). The fourth-order valence-corrected chi connectivity index (χ4v) is 1.52. The molecule has 0 radical (unpaired) electrons. The molecule has 6 heteroatoms. The first kappa shape index (κ1) is 9.39. The molecule has 0 aromatic heterocycles. The summed E-state index contributed by atoms with van der Waals surface area (Å²) in [6.45, 7) is -0.189. The maximum absolute atomic E-state index is 13.4. The third-order valence-corrected chi connectivity index (χ3v) is 2.57. The van der Waals surface area contributed by atoms with Crippen LogP contribution >= 0.6 is 15.9 Å². The van der Waals surface area contributed by atoms with Gasteiger partial charge in [-0.15, -0.1) is 0 Å². The van der Waals surface area contributed by atoms with Gasteiger partial charge in [-0.05, 0) is 22.0 Å². The highest BCUT2D eigenvalue weighted by Gasteiger charge is 2.23. The quantitative estimate of drug-likeness (QED) is 0.731. The van der Waals surface area contributed by atoms with Crippen molar-refractivity contribution in [1.82, 2.24) is 0 Å². The smallest absolute Gasteiger partial charge is 0.411 e. The molecule has 1 heterocycles. The number of amides is 1. The molecule has 1 aliphatic rings. The van der Waals surface area contributed by atoms with Crippen LogP contribution in [-0.4, -0.2) is 6.09 Å². The van der Waals surface area contributed by atoms with Crippen LogP contribution in [0.4, 0.5) is 19.3 Å². The van der Waals surface area contributed by atoms with Gasteiger partial charge in [-0.2, -0.15) is 0 Å². The third kappa shape index (κ3) is 1.35. The van der Waals surface area contributed by atoms with Crippen molar-refractivity contribution in [2.75, 3.05) is 5.32 Å². The summed E-state index contributed by atoms with van der Waals surface area (Å²) in [6.07, 6.45) is -0.710. The molecule has 74 valence electrons. The van der Waals surface area contributed by atoms with Crippen molar-refractivity contribution in [3.8, 4) is 0 Å². The van der Waals surface area contributed by atoms with Crippen LogP contribution in [0.1, 0.15) is 5.56 Å². The fraction of sp³-hybridized carbons (Fsp3) is 0.125. The van der Waals surface area contributed by atoms with Crippen molar-refractivity contribution >= 4 is 27.7 Å². The van der Waals surface area contributed by atoms with Gasteiger partial charge >= 0.3 is 6.09 Å². The zero-order valence-corrected chi connectivity index (χ0v) is 8.32. The second-order valence-corrected chi connectivity index (χ2v) is 3.51. The summed E-state index contributed by atoms with van der Waals surface area (Å²) in [6, 6.07) is 1.04. The predicted octanol–water partition coefficient (Wildman–Crippen LogP) is 2.79. The molecule has 0 unspecified atom stereocenters. The van der Waals surface area contributed by atoms with Gasteiger partial charge in [0.1, 0.15) is 18.2 Å². The summed E-state index contributed by atoms with van der Waals surface area (Å²) >= 11 is 2.76. The highest BCUT2D eigenvalue weighted by molar-refractivity contribution is 9.10. The van der Waals surface area contributed by atoms with Crippen LogP contribution in [0.5, 0.6) is 0 Å². The molecule has 14 heavy (non-hydrogen) atoms. The number of halogens is 3. The summed E-state index contributed by atoms with van der Waals surface area (Å²) in [7, 11) is 0. The molecular formula is C8H4BrF2NO2. The van der Waals surface area contributed by atoms with Crippen LogP contribution in [0.3, 0.4) is 0 Å². The van der Waals surface area contributed by atoms with Crippen LogP contribution in [0, 0.1) is 11.6 Å². The summed E-state index contributed by atoms with van der Waals surface area (Å²) in [5.41, 5.74) is 0.248. The van der Waals surface area contributed by atoms with Crippen LogP contribution in [0.2, 0.25) is 0 Å². The third-order valence-electron chi connectivity index (χ3n) is 1.85. The number of fused-ring (bicyclic) bond motifs is 1. The number of benzene rings is 1. The number of hydrogen-bond donors (Lipinski definition) is 1. The van der Waals surface area contributed by atoms with Gasteiger partial charge in [0.05, 0.1) is 15.7 Å². The Hall–Kier alpha value is -1.17. The van der Waals surface area contributed by atoms with E-state index in [0.717, 1.165) is 6.07 Å². The molecule has 1 aromatic carbocycles. The van der Waals surface area contributed by atoms with Gasteiger partial charge in [0.25, 0.3) is 0 Å². The zero-order chi connectivity index (χ0) is 10.3. The number of carbonyl (C=O) groups excluding carboxylic acids is 1. The molecule has 0 saturated heterocycles. The molecule has 3 nitrogen and oxygen atoms in total. The summed E-state index contributed by atoms with van der Waals surface area (Å²) in [5, 5.41) is 2.21. The highest BCUT2D eigenvalue weighted by atomic mass is 79.9. The van der Waals surface area contributed by atoms with Crippen molar-refractivity contribution in [2.24, 2.45) is 0 Å². The Bertz CT molecular complexity index is 422. The van der Waals surface area contributed by atoms with Gasteiger partial charge < -0.3 is 4.74 Å². The molecule has 0 spiro atoms. The Kier molecular flexibility index (Phi) is 2.14. The SMILES string of the molecule is O=C1Nc2cc(F)c(Br)c(F)c2CO1. The lowest BCUT2D eigenvalue weighted by molar-refractivity contribution is 0.149. The lowest BCUT2D eigenvalue weighted by Gasteiger charge is -2.18. The molecule has 2 rings (SSSR count). The van der Waals surface area contributed by atoms with Crippen LogP contribution in [-0.2, 0) is 11.3 Å². The van der Waals surface area contributed by atoms with Gasteiger partial charge in [0, 0.05) is 0 Å². The number of carbonyl (C=O) groups is 1. The second kappa shape index (κ2) is 3.20. The van der Waals surface area contributed by atoms with E-state index in [-0.39, 0.29) is 22.3 Å². The lowest BCUT2D eigenvalue weighted by Crippen LogP contribution is -2.21. The molecule has 1 N–H and O–H groups in total. The minimum atomic E-state index is -0.761. The normalized spacial score (nSPS) is 14.4. The first-order valence-electron chi connectivity index (χ1n) is 3.69. The van der Waals surface area contributed by atoms with E-state index in [1.807, 2.05) is 0 Å². The number of ether oxygens (including phenoxy) is 1. The summed E-state index contributed by atoms with van der Waals surface area (Å²) in [4.78, 5) is 10.7. The Balaban J connectivity index is 2.59. The van der Waals surface area contributed by atoms with E-state index in [1.165, 1.54) is 0 Å². The summed E-state index contributed by atoms with van der Waals surface area (Å²) in [5.74, 6) is -1.51. The van der Waals surface area contributed by atoms with Crippen molar-refractivity contribution in [3.05, 3.63) is 27.7 Å². The maximum atomic E-state index is 13.4. The van der Waals surface area contributed by atoms with Crippen molar-refractivity contribution in [2.45, 2.75) is 6.61 Å². The average molecular weight is 264 g/mol. The largest absolute Gasteiger partial charge is 0.444 e. The average Bonchev–Trinajstić information content (AvgIpc) is 2.14. The van der Waals surface area contributed by atoms with E-state index in [1.54, 1.807) is 0 Å². The lowest BCUT2D eigenvalue weighted by atomic mass is 10.1. The number of cyclic esters (lactones) is 1. The van der Waals surface area contributed by atoms with E-state index in [4.69, 9.17) is 0 Å². The topological polar surface area (TPSA) is 38.3 Å². The number of nitrogens with one attached hydrogen (secondary N) is 1. The molecule has 0 bridgehead atoms. The second-order valence-electron chi connectivity index (χ2n) is 2.71. The van der Waals surface area contributed by atoms with Gasteiger partial charge in [-0.25, -0.2) is 13.6 Å². The van der Waals surface area contributed by atoms with Crippen LogP contribution in [0.25, 0.3) is 0 Å². The van der Waals surface area contributed by atoms with Crippen molar-refractivity contribution in [3.63, 3.8) is 0 Å². The summed E-state index contributed by atoms with van der Waals surface area (Å²) < 4.78 is 30.7. The predicted molar refractivity (Wildman–Crippen MR) is 47.9 cm³/mol. The molecule has 0 atom stereocenters. The Morgan fingerprint density at radius 2 is 2.21 bits per heavy atom. The Morgan fingerprint density at radius 3 is 2.93 bits per heavy atom. The molecule has 0 saturated carbocycles. The molecule has 1 aliphatic heterocycles. The van der Waals surface area contributed by atoms with Gasteiger partial charge in [-0.3, -0.25) is 5.32 Å².